The summed E-state index contributed by atoms with van der Waals surface area (Å²) in [6.07, 6.45) is 13.8. The van der Waals surface area contributed by atoms with Gasteiger partial charge < -0.3 is 4.90 Å². The van der Waals surface area contributed by atoms with Crippen LogP contribution in [0.3, 0.4) is 0 Å². The van der Waals surface area contributed by atoms with Crippen LogP contribution in [0.15, 0.2) is 6.20 Å². The fraction of sp³-hybridized carbons (Fsp3) is 0.842. The second kappa shape index (κ2) is 8.63. The third-order valence-electron chi connectivity index (χ3n) is 5.60. The molecule has 0 spiro atoms. The van der Waals surface area contributed by atoms with Crippen LogP contribution in [0.4, 0.5) is 0 Å². The number of carbonyl (C=O) groups is 1. The Hall–Kier alpha value is -1.39. The lowest BCUT2D eigenvalue weighted by molar-refractivity contribution is -0.138. The Bertz CT molecular complexity index is 521. The minimum Gasteiger partial charge on any atom is -0.342 e. The van der Waals surface area contributed by atoms with Crippen molar-refractivity contribution in [2.24, 2.45) is 11.8 Å². The van der Waals surface area contributed by atoms with Crippen molar-refractivity contribution in [3.8, 4) is 0 Å². The second-order valence-corrected chi connectivity index (χ2v) is 7.66. The molecule has 0 aromatic carbocycles. The Labute approximate surface area is 145 Å². The average Bonchev–Trinajstić information content (AvgIpc) is 3.07. The third kappa shape index (κ3) is 4.58. The summed E-state index contributed by atoms with van der Waals surface area (Å²) in [7, 11) is 0. The van der Waals surface area contributed by atoms with E-state index in [1.807, 2.05) is 4.68 Å². The van der Waals surface area contributed by atoms with Gasteiger partial charge in [-0.15, -0.1) is 5.10 Å². The molecule has 1 saturated heterocycles. The molecule has 2 aliphatic rings. The SMILES string of the molecule is CCCCc1cn(CC2CCCN(C(=O)C3CCCCC3)C2)nn1. The minimum atomic E-state index is 0.296. The van der Waals surface area contributed by atoms with Crippen LogP contribution in [0.5, 0.6) is 0 Å². The van der Waals surface area contributed by atoms with Crippen molar-refractivity contribution in [3.05, 3.63) is 11.9 Å². The van der Waals surface area contributed by atoms with Gasteiger partial charge in [0.05, 0.1) is 5.69 Å². The van der Waals surface area contributed by atoms with Gasteiger partial charge in [0.25, 0.3) is 0 Å². The molecule has 1 aliphatic carbocycles. The maximum atomic E-state index is 12.8. The standard InChI is InChI=1S/C19H32N4O/c1-2-3-11-18-15-23(21-20-18)14-16-8-7-12-22(13-16)19(24)17-9-5-4-6-10-17/h15-17H,2-14H2,1H3. The number of hydrogen-bond acceptors (Lipinski definition) is 3. The van der Waals surface area contributed by atoms with Crippen molar-refractivity contribution in [2.45, 2.75) is 77.7 Å². The number of nitrogens with zero attached hydrogens (tertiary/aromatic N) is 4. The number of amides is 1. The number of aromatic nitrogens is 3. The summed E-state index contributed by atoms with van der Waals surface area (Å²) in [5.74, 6) is 1.23. The molecule has 1 unspecified atom stereocenters. The van der Waals surface area contributed by atoms with E-state index in [-0.39, 0.29) is 0 Å². The smallest absolute Gasteiger partial charge is 0.225 e. The summed E-state index contributed by atoms with van der Waals surface area (Å²) < 4.78 is 1.99. The van der Waals surface area contributed by atoms with E-state index in [0.29, 0.717) is 17.7 Å². The van der Waals surface area contributed by atoms with E-state index in [9.17, 15) is 4.79 Å². The quantitative estimate of drug-likeness (QED) is 0.802. The van der Waals surface area contributed by atoms with Crippen molar-refractivity contribution in [1.29, 1.82) is 0 Å². The molecule has 1 aromatic heterocycles. The highest BCUT2D eigenvalue weighted by Crippen LogP contribution is 2.27. The lowest BCUT2D eigenvalue weighted by atomic mass is 9.87. The summed E-state index contributed by atoms with van der Waals surface area (Å²) in [4.78, 5) is 14.9. The van der Waals surface area contributed by atoms with Crippen LogP contribution in [0, 0.1) is 11.8 Å². The van der Waals surface area contributed by atoms with Crippen molar-refractivity contribution in [2.75, 3.05) is 13.1 Å². The van der Waals surface area contributed by atoms with E-state index in [1.54, 1.807) is 0 Å². The first-order valence-electron chi connectivity index (χ1n) is 9.94. The van der Waals surface area contributed by atoms with E-state index in [4.69, 9.17) is 0 Å². The Balaban J connectivity index is 1.51. The maximum Gasteiger partial charge on any atom is 0.225 e. The first-order valence-corrected chi connectivity index (χ1v) is 9.94. The van der Waals surface area contributed by atoms with Crippen molar-refractivity contribution >= 4 is 5.91 Å². The Morgan fingerprint density at radius 2 is 2.04 bits per heavy atom. The molecule has 24 heavy (non-hydrogen) atoms. The van der Waals surface area contributed by atoms with Crippen molar-refractivity contribution in [3.63, 3.8) is 0 Å². The summed E-state index contributed by atoms with van der Waals surface area (Å²) >= 11 is 0. The van der Waals surface area contributed by atoms with Crippen LogP contribution in [0.1, 0.15) is 70.4 Å². The maximum absolute atomic E-state index is 12.8. The van der Waals surface area contributed by atoms with Gasteiger partial charge in [-0.3, -0.25) is 9.48 Å². The molecular weight excluding hydrogens is 300 g/mol. The van der Waals surface area contributed by atoms with Crippen LogP contribution in [0.25, 0.3) is 0 Å². The molecule has 2 heterocycles. The molecule has 2 fully saturated rings. The average molecular weight is 332 g/mol. The van der Waals surface area contributed by atoms with Crippen LogP contribution < -0.4 is 0 Å². The molecule has 1 atom stereocenters. The van der Waals surface area contributed by atoms with Gasteiger partial charge in [0.15, 0.2) is 0 Å². The summed E-state index contributed by atoms with van der Waals surface area (Å²) in [5.41, 5.74) is 1.10. The highest BCUT2D eigenvalue weighted by molar-refractivity contribution is 5.79. The van der Waals surface area contributed by atoms with E-state index in [2.05, 4.69) is 28.3 Å². The number of piperidine rings is 1. The van der Waals surface area contributed by atoms with Gasteiger partial charge in [-0.1, -0.05) is 37.8 Å². The molecule has 1 amide bonds. The molecule has 0 radical (unpaired) electrons. The predicted octanol–water partition coefficient (Wildman–Crippen LogP) is 3.44. The van der Waals surface area contributed by atoms with E-state index in [1.165, 1.54) is 38.5 Å². The fourth-order valence-electron chi connectivity index (χ4n) is 4.19. The van der Waals surface area contributed by atoms with Crippen molar-refractivity contribution < 1.29 is 4.79 Å². The number of carbonyl (C=O) groups excluding carboxylic acids is 1. The van der Waals surface area contributed by atoms with Crippen LogP contribution in [-0.2, 0) is 17.8 Å². The van der Waals surface area contributed by atoms with Crippen LogP contribution in [-0.4, -0.2) is 38.9 Å². The molecule has 5 nitrogen and oxygen atoms in total. The van der Waals surface area contributed by atoms with Gasteiger partial charge in [0.1, 0.15) is 0 Å². The van der Waals surface area contributed by atoms with Crippen LogP contribution >= 0.6 is 0 Å². The van der Waals surface area contributed by atoms with E-state index < -0.39 is 0 Å². The summed E-state index contributed by atoms with van der Waals surface area (Å²) in [5, 5.41) is 8.57. The van der Waals surface area contributed by atoms with Gasteiger partial charge in [-0.25, -0.2) is 0 Å². The predicted molar refractivity (Wildman–Crippen MR) is 94.5 cm³/mol. The Morgan fingerprint density at radius 3 is 2.83 bits per heavy atom. The number of unbranched alkanes of at least 4 members (excludes halogenated alkanes) is 1. The number of likely N-dealkylation sites (tertiary alicyclic amines) is 1. The highest BCUT2D eigenvalue weighted by atomic mass is 16.2. The van der Waals surface area contributed by atoms with Gasteiger partial charge in [-0.05, 0) is 44.4 Å². The van der Waals surface area contributed by atoms with Gasteiger partial charge in [0, 0.05) is 31.7 Å². The molecule has 5 heteroatoms. The number of rotatable bonds is 6. The van der Waals surface area contributed by atoms with Crippen LogP contribution in [0.2, 0.25) is 0 Å². The zero-order valence-electron chi connectivity index (χ0n) is 15.1. The van der Waals surface area contributed by atoms with E-state index >= 15 is 0 Å². The minimum absolute atomic E-state index is 0.296. The lowest BCUT2D eigenvalue weighted by Gasteiger charge is -2.35. The summed E-state index contributed by atoms with van der Waals surface area (Å²) in [6.45, 7) is 4.95. The molecular formula is C19H32N4O. The molecule has 134 valence electrons. The number of aryl methyl sites for hydroxylation is 1. The van der Waals surface area contributed by atoms with Gasteiger partial charge in [-0.2, -0.15) is 0 Å². The third-order valence-corrected chi connectivity index (χ3v) is 5.60. The first-order chi connectivity index (χ1) is 11.8. The Kier molecular flexibility index (Phi) is 6.27. The zero-order valence-corrected chi connectivity index (χ0v) is 15.1. The molecule has 0 N–H and O–H groups in total. The summed E-state index contributed by atoms with van der Waals surface area (Å²) in [6, 6.07) is 0. The van der Waals surface area contributed by atoms with Crippen molar-refractivity contribution in [1.82, 2.24) is 19.9 Å². The normalized spacial score (nSPS) is 22.7. The topological polar surface area (TPSA) is 51.0 Å². The number of hydrogen-bond donors (Lipinski definition) is 0. The fourth-order valence-corrected chi connectivity index (χ4v) is 4.19. The highest BCUT2D eigenvalue weighted by Gasteiger charge is 2.29. The molecule has 1 saturated carbocycles. The first kappa shape index (κ1) is 17.4. The molecule has 1 aliphatic heterocycles. The zero-order chi connectivity index (χ0) is 16.8. The molecule has 0 bridgehead atoms. The van der Waals surface area contributed by atoms with Gasteiger partial charge >= 0.3 is 0 Å². The Morgan fingerprint density at radius 1 is 1.21 bits per heavy atom. The monoisotopic (exact) mass is 332 g/mol. The van der Waals surface area contributed by atoms with E-state index in [0.717, 1.165) is 51.0 Å². The second-order valence-electron chi connectivity index (χ2n) is 7.66. The largest absolute Gasteiger partial charge is 0.342 e. The van der Waals surface area contributed by atoms with Gasteiger partial charge in [0.2, 0.25) is 5.91 Å². The lowest BCUT2D eigenvalue weighted by Crippen LogP contribution is -2.44. The molecule has 1 aromatic rings. The molecule has 3 rings (SSSR count).